The first-order chi connectivity index (χ1) is 14.1. The van der Waals surface area contributed by atoms with Gasteiger partial charge in [-0.2, -0.15) is 13.2 Å². The van der Waals surface area contributed by atoms with E-state index >= 15 is 0 Å². The highest BCUT2D eigenvalue weighted by molar-refractivity contribution is 8.00. The van der Waals surface area contributed by atoms with Crippen LogP contribution in [-0.2, 0) is 10.9 Å². The number of carbonyl (C=O) groups is 1. The molecule has 1 aromatic carbocycles. The highest BCUT2D eigenvalue weighted by Crippen LogP contribution is 2.32. The van der Waals surface area contributed by atoms with Crippen LogP contribution in [-0.4, -0.2) is 39.8 Å². The van der Waals surface area contributed by atoms with Crippen LogP contribution in [0.25, 0.3) is 10.9 Å². The van der Waals surface area contributed by atoms with Gasteiger partial charge in [-0.15, -0.1) is 0 Å². The van der Waals surface area contributed by atoms with E-state index in [1.807, 2.05) is 31.4 Å². The van der Waals surface area contributed by atoms with Crippen molar-refractivity contribution in [3.63, 3.8) is 0 Å². The largest absolute Gasteiger partial charge is 0.451 e. The van der Waals surface area contributed by atoms with Crippen LogP contribution in [0.4, 0.5) is 13.2 Å². The molecule has 2 heterocycles. The first-order valence-electron chi connectivity index (χ1n) is 9.30. The fraction of sp³-hybridized carbons (Fsp3) is 0.381. The van der Waals surface area contributed by atoms with E-state index in [0.29, 0.717) is 17.6 Å². The van der Waals surface area contributed by atoms with Gasteiger partial charge in [-0.1, -0.05) is 30.0 Å². The standard InChI is InChI=1S/C21H22F3N3O2S/c1-12-9-16(14(3)27(12)13(2)10-29-4)18(28)11-30-19-15-7-5-6-8-17(15)25-20(26-19)21(22,23)24/h5-9,13H,10-11H2,1-4H3. The molecule has 5 nitrogen and oxygen atoms in total. The number of thioether (sulfide) groups is 1. The summed E-state index contributed by atoms with van der Waals surface area (Å²) in [5.41, 5.74) is 2.49. The fourth-order valence-corrected chi connectivity index (χ4v) is 4.45. The second kappa shape index (κ2) is 8.77. The number of methoxy groups -OCH3 is 1. The number of nitrogens with zero attached hydrogens (tertiary/aromatic N) is 3. The van der Waals surface area contributed by atoms with Crippen molar-refractivity contribution in [3.05, 3.63) is 53.1 Å². The molecule has 2 aromatic heterocycles. The first-order valence-corrected chi connectivity index (χ1v) is 10.3. The number of benzene rings is 1. The number of fused-ring (bicyclic) bond motifs is 1. The molecule has 1 atom stereocenters. The molecule has 0 saturated carbocycles. The van der Waals surface area contributed by atoms with Gasteiger partial charge in [0.15, 0.2) is 5.78 Å². The Balaban J connectivity index is 1.88. The van der Waals surface area contributed by atoms with E-state index in [4.69, 9.17) is 4.74 Å². The zero-order valence-corrected chi connectivity index (χ0v) is 17.9. The predicted molar refractivity (Wildman–Crippen MR) is 110 cm³/mol. The predicted octanol–water partition coefficient (Wildman–Crippen LogP) is 5.25. The fourth-order valence-electron chi connectivity index (χ4n) is 3.55. The van der Waals surface area contributed by atoms with Gasteiger partial charge in [0.2, 0.25) is 5.82 Å². The van der Waals surface area contributed by atoms with E-state index < -0.39 is 12.0 Å². The maximum atomic E-state index is 13.2. The van der Waals surface area contributed by atoms with Gasteiger partial charge in [0, 0.05) is 29.4 Å². The van der Waals surface area contributed by atoms with E-state index in [-0.39, 0.29) is 28.1 Å². The first kappa shape index (κ1) is 22.3. The summed E-state index contributed by atoms with van der Waals surface area (Å²) < 4.78 is 46.8. The molecule has 1 unspecified atom stereocenters. The number of Topliss-reactive ketones (excluding diaryl/α,β-unsaturated/α-hetero) is 1. The average Bonchev–Trinajstić information content (AvgIpc) is 2.99. The van der Waals surface area contributed by atoms with Crippen molar-refractivity contribution in [1.82, 2.24) is 14.5 Å². The zero-order valence-electron chi connectivity index (χ0n) is 17.1. The summed E-state index contributed by atoms with van der Waals surface area (Å²) in [7, 11) is 1.62. The lowest BCUT2D eigenvalue weighted by Crippen LogP contribution is -2.15. The number of rotatable bonds is 7. The zero-order chi connectivity index (χ0) is 22.1. The third kappa shape index (κ3) is 4.52. The Hall–Kier alpha value is -2.39. The lowest BCUT2D eigenvalue weighted by atomic mass is 10.2. The molecule has 0 spiro atoms. The van der Waals surface area contributed by atoms with Crippen LogP contribution in [0.5, 0.6) is 0 Å². The molecule has 0 radical (unpaired) electrons. The number of halogens is 3. The summed E-state index contributed by atoms with van der Waals surface area (Å²) in [6.45, 7) is 6.28. The summed E-state index contributed by atoms with van der Waals surface area (Å²) in [4.78, 5) is 20.2. The number of carbonyl (C=O) groups excluding carboxylic acids is 1. The summed E-state index contributed by atoms with van der Waals surface area (Å²) in [5.74, 6) is -1.40. The van der Waals surface area contributed by atoms with Crippen LogP contribution < -0.4 is 0 Å². The number of ketones is 1. The van der Waals surface area contributed by atoms with Gasteiger partial charge < -0.3 is 9.30 Å². The highest BCUT2D eigenvalue weighted by atomic mass is 32.2. The second-order valence-corrected chi connectivity index (χ2v) is 8.00. The van der Waals surface area contributed by atoms with Crippen molar-refractivity contribution in [3.8, 4) is 0 Å². The van der Waals surface area contributed by atoms with Gasteiger partial charge in [0.05, 0.1) is 23.9 Å². The Bertz CT molecular complexity index is 1080. The van der Waals surface area contributed by atoms with Crippen molar-refractivity contribution >= 4 is 28.4 Å². The molecule has 3 rings (SSSR count). The smallest absolute Gasteiger partial charge is 0.383 e. The SMILES string of the molecule is COCC(C)n1c(C)cc(C(=O)CSc2nc(C(F)(F)F)nc3ccccc23)c1C. The Kier molecular flexibility index (Phi) is 6.52. The van der Waals surface area contributed by atoms with Crippen molar-refractivity contribution in [2.24, 2.45) is 0 Å². The van der Waals surface area contributed by atoms with Crippen LogP contribution in [0.2, 0.25) is 0 Å². The molecule has 0 N–H and O–H groups in total. The van der Waals surface area contributed by atoms with Crippen molar-refractivity contribution in [2.75, 3.05) is 19.5 Å². The van der Waals surface area contributed by atoms with Gasteiger partial charge in [0.1, 0.15) is 5.03 Å². The molecule has 0 fully saturated rings. The maximum absolute atomic E-state index is 13.2. The molecule has 0 amide bonds. The van der Waals surface area contributed by atoms with Gasteiger partial charge in [-0.05, 0) is 32.9 Å². The van der Waals surface area contributed by atoms with E-state index in [9.17, 15) is 18.0 Å². The van der Waals surface area contributed by atoms with Crippen LogP contribution in [0, 0.1) is 13.8 Å². The second-order valence-electron chi connectivity index (χ2n) is 7.04. The Morgan fingerprint density at radius 2 is 1.93 bits per heavy atom. The third-order valence-electron chi connectivity index (χ3n) is 4.80. The average molecular weight is 437 g/mol. The molecule has 0 aliphatic carbocycles. The molecular weight excluding hydrogens is 415 g/mol. The van der Waals surface area contributed by atoms with Crippen LogP contribution in [0.1, 0.15) is 40.5 Å². The molecular formula is C21H22F3N3O2S. The van der Waals surface area contributed by atoms with Gasteiger partial charge in [0.25, 0.3) is 0 Å². The molecule has 0 saturated heterocycles. The summed E-state index contributed by atoms with van der Waals surface area (Å²) in [6, 6.07) is 8.35. The molecule has 3 aromatic rings. The van der Waals surface area contributed by atoms with Gasteiger partial charge in [-0.3, -0.25) is 4.79 Å². The Morgan fingerprint density at radius 1 is 1.23 bits per heavy atom. The molecule has 30 heavy (non-hydrogen) atoms. The normalized spacial score (nSPS) is 13.0. The van der Waals surface area contributed by atoms with Crippen LogP contribution >= 0.6 is 11.8 Å². The number of aromatic nitrogens is 3. The van der Waals surface area contributed by atoms with E-state index in [2.05, 4.69) is 9.97 Å². The lowest BCUT2D eigenvalue weighted by molar-refractivity contribution is -0.145. The summed E-state index contributed by atoms with van der Waals surface area (Å²) in [6.07, 6.45) is -4.66. The van der Waals surface area contributed by atoms with Gasteiger partial charge in [-0.25, -0.2) is 9.97 Å². The van der Waals surface area contributed by atoms with Crippen molar-refractivity contribution in [2.45, 2.75) is 38.0 Å². The Morgan fingerprint density at radius 3 is 2.60 bits per heavy atom. The van der Waals surface area contributed by atoms with Crippen LogP contribution in [0.15, 0.2) is 35.4 Å². The summed E-state index contributed by atoms with van der Waals surface area (Å²) in [5, 5.41) is 0.630. The molecule has 160 valence electrons. The number of hydrogen-bond donors (Lipinski definition) is 0. The quantitative estimate of drug-likeness (QED) is 0.287. The molecule has 0 aliphatic heterocycles. The number of hydrogen-bond acceptors (Lipinski definition) is 5. The van der Waals surface area contributed by atoms with E-state index in [1.165, 1.54) is 6.07 Å². The minimum absolute atomic E-state index is 0.0265. The summed E-state index contributed by atoms with van der Waals surface area (Å²) >= 11 is 0.991. The third-order valence-corrected chi connectivity index (χ3v) is 5.79. The monoisotopic (exact) mass is 437 g/mol. The molecule has 9 heteroatoms. The number of alkyl halides is 3. The molecule has 0 bridgehead atoms. The number of aryl methyl sites for hydroxylation is 1. The van der Waals surface area contributed by atoms with E-state index in [1.54, 1.807) is 25.3 Å². The topological polar surface area (TPSA) is 57.0 Å². The Labute approximate surface area is 176 Å². The van der Waals surface area contributed by atoms with E-state index in [0.717, 1.165) is 23.1 Å². The molecule has 0 aliphatic rings. The minimum Gasteiger partial charge on any atom is -0.383 e. The number of ether oxygens (including phenoxy) is 1. The van der Waals surface area contributed by atoms with Crippen LogP contribution in [0.3, 0.4) is 0 Å². The maximum Gasteiger partial charge on any atom is 0.451 e. The lowest BCUT2D eigenvalue weighted by Gasteiger charge is -2.17. The number of para-hydroxylation sites is 1. The van der Waals surface area contributed by atoms with Crippen molar-refractivity contribution < 1.29 is 22.7 Å². The highest BCUT2D eigenvalue weighted by Gasteiger charge is 2.35. The van der Waals surface area contributed by atoms with Crippen molar-refractivity contribution in [1.29, 1.82) is 0 Å². The minimum atomic E-state index is -4.66. The van der Waals surface area contributed by atoms with Gasteiger partial charge >= 0.3 is 6.18 Å².